The molecule has 0 aromatic carbocycles. The second kappa shape index (κ2) is 6.47. The van der Waals surface area contributed by atoms with E-state index in [1.807, 2.05) is 17.7 Å². The number of hydrogen-bond acceptors (Lipinski definition) is 5. The highest BCUT2D eigenvalue weighted by atomic mass is 16.5. The Morgan fingerprint density at radius 1 is 1.40 bits per heavy atom. The second-order valence-electron chi connectivity index (χ2n) is 4.43. The zero-order valence-electron chi connectivity index (χ0n) is 12.4. The predicted molar refractivity (Wildman–Crippen MR) is 76.7 cm³/mol. The molecule has 0 radical (unpaired) electrons. The SMILES string of the molecule is CCNC(c1ccnc(C)n1)c1c(OC)cnn1CC. The number of aromatic nitrogens is 4. The third kappa shape index (κ3) is 2.80. The standard InChI is InChI=1S/C14H21N5O/c1-5-15-13(11-7-8-16-10(3)18-11)14-12(20-4)9-17-19(14)6-2/h7-9,13,15H,5-6H2,1-4H3. The first-order chi connectivity index (χ1) is 9.71. The lowest BCUT2D eigenvalue weighted by molar-refractivity contribution is 0.398. The average Bonchev–Trinajstić information content (AvgIpc) is 2.87. The van der Waals surface area contributed by atoms with E-state index in [4.69, 9.17) is 4.74 Å². The van der Waals surface area contributed by atoms with Gasteiger partial charge in [0.05, 0.1) is 25.0 Å². The molecule has 1 N–H and O–H groups in total. The number of rotatable bonds is 6. The quantitative estimate of drug-likeness (QED) is 0.869. The first-order valence-corrected chi connectivity index (χ1v) is 6.83. The van der Waals surface area contributed by atoms with Crippen molar-refractivity contribution in [2.45, 2.75) is 33.4 Å². The minimum absolute atomic E-state index is 0.0564. The summed E-state index contributed by atoms with van der Waals surface area (Å²) in [5, 5.41) is 7.81. The van der Waals surface area contributed by atoms with Gasteiger partial charge in [0.15, 0.2) is 5.75 Å². The topological polar surface area (TPSA) is 64.9 Å². The first-order valence-electron chi connectivity index (χ1n) is 6.83. The number of nitrogens with one attached hydrogen (secondary N) is 1. The summed E-state index contributed by atoms with van der Waals surface area (Å²) in [5.41, 5.74) is 1.92. The Kier molecular flexibility index (Phi) is 4.68. The largest absolute Gasteiger partial charge is 0.493 e. The van der Waals surface area contributed by atoms with Crippen LogP contribution in [0.2, 0.25) is 0 Å². The monoisotopic (exact) mass is 275 g/mol. The van der Waals surface area contributed by atoms with Gasteiger partial charge in [-0.1, -0.05) is 6.92 Å². The first kappa shape index (κ1) is 14.5. The van der Waals surface area contributed by atoms with Crippen LogP contribution in [0.25, 0.3) is 0 Å². The lowest BCUT2D eigenvalue weighted by Gasteiger charge is -2.20. The van der Waals surface area contributed by atoms with E-state index in [0.29, 0.717) is 0 Å². The normalized spacial score (nSPS) is 12.4. The van der Waals surface area contributed by atoms with E-state index in [9.17, 15) is 0 Å². The van der Waals surface area contributed by atoms with Crippen LogP contribution in [-0.4, -0.2) is 33.4 Å². The van der Waals surface area contributed by atoms with Gasteiger partial charge in [0, 0.05) is 12.7 Å². The Hall–Kier alpha value is -1.95. The molecule has 0 saturated heterocycles. The van der Waals surface area contributed by atoms with E-state index in [0.717, 1.165) is 36.1 Å². The van der Waals surface area contributed by atoms with E-state index in [-0.39, 0.29) is 6.04 Å². The van der Waals surface area contributed by atoms with Gasteiger partial charge in [-0.25, -0.2) is 9.97 Å². The highest BCUT2D eigenvalue weighted by Gasteiger charge is 2.23. The molecule has 6 nitrogen and oxygen atoms in total. The van der Waals surface area contributed by atoms with Crippen molar-refractivity contribution in [2.24, 2.45) is 0 Å². The molecule has 0 aliphatic carbocycles. The number of nitrogens with zero attached hydrogens (tertiary/aromatic N) is 4. The molecule has 20 heavy (non-hydrogen) atoms. The van der Waals surface area contributed by atoms with Crippen molar-refractivity contribution in [3.05, 3.63) is 35.7 Å². The molecule has 0 aliphatic heterocycles. The fourth-order valence-electron chi connectivity index (χ4n) is 2.26. The van der Waals surface area contributed by atoms with Crippen LogP contribution in [0.5, 0.6) is 5.75 Å². The summed E-state index contributed by atoms with van der Waals surface area (Å²) in [6.07, 6.45) is 3.53. The van der Waals surface area contributed by atoms with Crippen molar-refractivity contribution in [3.8, 4) is 5.75 Å². The van der Waals surface area contributed by atoms with Crippen molar-refractivity contribution in [2.75, 3.05) is 13.7 Å². The molecular formula is C14H21N5O. The molecule has 2 heterocycles. The molecule has 6 heteroatoms. The summed E-state index contributed by atoms with van der Waals surface area (Å²) in [6.45, 7) is 7.63. The van der Waals surface area contributed by atoms with Crippen molar-refractivity contribution in [3.63, 3.8) is 0 Å². The van der Waals surface area contributed by atoms with Gasteiger partial charge in [-0.3, -0.25) is 4.68 Å². The Morgan fingerprint density at radius 2 is 2.20 bits per heavy atom. The fraction of sp³-hybridized carbons (Fsp3) is 0.500. The molecule has 0 spiro atoms. The third-order valence-corrected chi connectivity index (χ3v) is 3.14. The lowest BCUT2D eigenvalue weighted by Crippen LogP contribution is -2.26. The fourth-order valence-corrected chi connectivity index (χ4v) is 2.26. The van der Waals surface area contributed by atoms with Crippen LogP contribution in [0.3, 0.4) is 0 Å². The van der Waals surface area contributed by atoms with E-state index >= 15 is 0 Å². The van der Waals surface area contributed by atoms with Crippen LogP contribution in [0.15, 0.2) is 18.5 Å². The van der Waals surface area contributed by atoms with Crippen molar-refractivity contribution in [1.29, 1.82) is 0 Å². The van der Waals surface area contributed by atoms with Crippen molar-refractivity contribution in [1.82, 2.24) is 25.1 Å². The molecule has 1 unspecified atom stereocenters. The summed E-state index contributed by atoms with van der Waals surface area (Å²) in [4.78, 5) is 8.68. The Labute approximate surface area is 119 Å². The molecule has 1 atom stereocenters. The van der Waals surface area contributed by atoms with Crippen LogP contribution in [0.4, 0.5) is 0 Å². The smallest absolute Gasteiger partial charge is 0.161 e. The second-order valence-corrected chi connectivity index (χ2v) is 4.43. The summed E-state index contributed by atoms with van der Waals surface area (Å²) < 4.78 is 7.37. The summed E-state index contributed by atoms with van der Waals surface area (Å²) >= 11 is 0. The molecule has 0 bridgehead atoms. The molecule has 0 aliphatic rings. The predicted octanol–water partition coefficient (Wildman–Crippen LogP) is 1.71. The van der Waals surface area contributed by atoms with Gasteiger partial charge in [0.1, 0.15) is 11.5 Å². The van der Waals surface area contributed by atoms with Crippen LogP contribution in [0.1, 0.15) is 37.1 Å². The van der Waals surface area contributed by atoms with Gasteiger partial charge in [-0.2, -0.15) is 5.10 Å². The van der Waals surface area contributed by atoms with Gasteiger partial charge < -0.3 is 10.1 Å². The number of hydrogen-bond donors (Lipinski definition) is 1. The van der Waals surface area contributed by atoms with Gasteiger partial charge in [0.2, 0.25) is 0 Å². The third-order valence-electron chi connectivity index (χ3n) is 3.14. The summed E-state index contributed by atoms with van der Waals surface area (Å²) in [5.74, 6) is 1.53. The Morgan fingerprint density at radius 3 is 2.80 bits per heavy atom. The molecule has 0 fully saturated rings. The maximum Gasteiger partial charge on any atom is 0.161 e. The number of methoxy groups -OCH3 is 1. The van der Waals surface area contributed by atoms with Crippen LogP contribution >= 0.6 is 0 Å². The Balaban J connectivity index is 2.50. The maximum atomic E-state index is 5.44. The average molecular weight is 275 g/mol. The van der Waals surface area contributed by atoms with Crippen molar-refractivity contribution >= 4 is 0 Å². The molecular weight excluding hydrogens is 254 g/mol. The highest BCUT2D eigenvalue weighted by molar-refractivity contribution is 5.33. The van der Waals surface area contributed by atoms with Gasteiger partial charge >= 0.3 is 0 Å². The van der Waals surface area contributed by atoms with Crippen LogP contribution in [0, 0.1) is 6.92 Å². The maximum absolute atomic E-state index is 5.44. The molecule has 0 saturated carbocycles. The van der Waals surface area contributed by atoms with Gasteiger partial charge in [0.25, 0.3) is 0 Å². The van der Waals surface area contributed by atoms with Gasteiger partial charge in [-0.05, 0) is 26.5 Å². The zero-order chi connectivity index (χ0) is 14.5. The number of aryl methyl sites for hydroxylation is 2. The summed E-state index contributed by atoms with van der Waals surface area (Å²) in [7, 11) is 1.66. The molecule has 108 valence electrons. The Bertz CT molecular complexity index is 545. The molecule has 2 aromatic heterocycles. The van der Waals surface area contributed by atoms with Crippen LogP contribution in [-0.2, 0) is 6.54 Å². The zero-order valence-corrected chi connectivity index (χ0v) is 12.4. The van der Waals surface area contributed by atoms with E-state index < -0.39 is 0 Å². The number of ether oxygens (including phenoxy) is 1. The lowest BCUT2D eigenvalue weighted by atomic mass is 10.1. The van der Waals surface area contributed by atoms with E-state index in [1.165, 1.54) is 0 Å². The summed E-state index contributed by atoms with van der Waals surface area (Å²) in [6, 6.07) is 1.87. The highest BCUT2D eigenvalue weighted by Crippen LogP contribution is 2.29. The van der Waals surface area contributed by atoms with E-state index in [1.54, 1.807) is 19.5 Å². The minimum Gasteiger partial charge on any atom is -0.493 e. The van der Waals surface area contributed by atoms with Crippen LogP contribution < -0.4 is 10.1 Å². The molecule has 0 amide bonds. The molecule has 2 rings (SSSR count). The van der Waals surface area contributed by atoms with E-state index in [2.05, 4.69) is 34.2 Å². The minimum atomic E-state index is -0.0564. The van der Waals surface area contributed by atoms with Crippen molar-refractivity contribution < 1.29 is 4.74 Å². The van der Waals surface area contributed by atoms with Gasteiger partial charge in [-0.15, -0.1) is 0 Å². The molecule has 2 aromatic rings.